The van der Waals surface area contributed by atoms with Crippen LogP contribution in [0.2, 0.25) is 5.02 Å². The molecule has 0 fully saturated rings. The number of benzene rings is 2. The Kier molecular flexibility index (Phi) is 3.80. The molecule has 0 spiro atoms. The molecule has 108 valence electrons. The summed E-state index contributed by atoms with van der Waals surface area (Å²) < 4.78 is 19.4. The Morgan fingerprint density at radius 1 is 1.24 bits per heavy atom. The van der Waals surface area contributed by atoms with Crippen molar-refractivity contribution in [1.29, 1.82) is 0 Å². The molecule has 0 saturated heterocycles. The van der Waals surface area contributed by atoms with Crippen LogP contribution in [-0.4, -0.2) is 12.5 Å². The van der Waals surface area contributed by atoms with Crippen LogP contribution in [0.15, 0.2) is 42.5 Å². The summed E-state index contributed by atoms with van der Waals surface area (Å²) in [5.41, 5.74) is 1.07. The fourth-order valence-electron chi connectivity index (χ4n) is 2.33. The van der Waals surface area contributed by atoms with Gasteiger partial charge in [-0.1, -0.05) is 35.9 Å². The van der Waals surface area contributed by atoms with Gasteiger partial charge < -0.3 is 10.1 Å². The van der Waals surface area contributed by atoms with Crippen LogP contribution >= 0.6 is 11.6 Å². The summed E-state index contributed by atoms with van der Waals surface area (Å²) in [6.45, 7) is 0.283. The van der Waals surface area contributed by atoms with E-state index in [1.165, 1.54) is 12.1 Å². The number of rotatable bonds is 2. The maximum Gasteiger partial charge on any atom is 0.231 e. The molecule has 0 bridgehead atoms. The van der Waals surface area contributed by atoms with Crippen LogP contribution in [0.25, 0.3) is 0 Å². The van der Waals surface area contributed by atoms with Gasteiger partial charge in [0.25, 0.3) is 0 Å². The zero-order valence-electron chi connectivity index (χ0n) is 11.1. The topological polar surface area (TPSA) is 38.3 Å². The van der Waals surface area contributed by atoms with Gasteiger partial charge in [0.05, 0.1) is 16.6 Å². The number of carbonyl (C=O) groups excluding carboxylic acids is 1. The molecule has 0 saturated carbocycles. The fraction of sp³-hybridized carbons (Fsp3) is 0.188. The average molecular weight is 306 g/mol. The molecule has 1 amide bonds. The molecule has 0 aliphatic carbocycles. The van der Waals surface area contributed by atoms with Gasteiger partial charge in [0.1, 0.15) is 12.4 Å². The minimum Gasteiger partial charge on any atom is -0.492 e. The molecule has 1 aliphatic heterocycles. The number of hydrogen-bond donors (Lipinski definition) is 1. The third kappa shape index (κ3) is 2.85. The molecule has 2 aromatic carbocycles. The molecule has 1 N–H and O–H groups in total. The summed E-state index contributed by atoms with van der Waals surface area (Å²) in [6, 6.07) is 12.1. The highest BCUT2D eigenvalue weighted by molar-refractivity contribution is 6.31. The first-order valence-corrected chi connectivity index (χ1v) is 6.98. The monoisotopic (exact) mass is 305 g/mol. The molecule has 21 heavy (non-hydrogen) atoms. The van der Waals surface area contributed by atoms with E-state index in [1.807, 2.05) is 24.3 Å². The molecule has 2 aromatic rings. The quantitative estimate of drug-likeness (QED) is 0.919. The van der Waals surface area contributed by atoms with E-state index < -0.39 is 5.82 Å². The fourth-order valence-corrected chi connectivity index (χ4v) is 2.51. The van der Waals surface area contributed by atoms with Crippen molar-refractivity contribution >= 4 is 23.2 Å². The molecule has 1 unspecified atom stereocenters. The molecule has 5 heteroatoms. The van der Waals surface area contributed by atoms with Crippen LogP contribution in [0.4, 0.5) is 10.1 Å². The van der Waals surface area contributed by atoms with Crippen molar-refractivity contribution in [2.45, 2.75) is 6.42 Å². The van der Waals surface area contributed by atoms with Crippen LogP contribution in [0.5, 0.6) is 5.75 Å². The predicted octanol–water partition coefficient (Wildman–Crippen LogP) is 3.67. The van der Waals surface area contributed by atoms with Gasteiger partial charge in [-0.25, -0.2) is 4.39 Å². The second-order valence-electron chi connectivity index (χ2n) is 4.91. The van der Waals surface area contributed by atoms with Gasteiger partial charge in [0.15, 0.2) is 5.82 Å². The number of amides is 1. The van der Waals surface area contributed by atoms with Gasteiger partial charge in [-0.05, 0) is 30.2 Å². The van der Waals surface area contributed by atoms with Gasteiger partial charge in [-0.2, -0.15) is 0 Å². The van der Waals surface area contributed by atoms with E-state index in [-0.39, 0.29) is 29.1 Å². The molecule has 1 heterocycles. The van der Waals surface area contributed by atoms with Gasteiger partial charge in [0, 0.05) is 0 Å². The molecular weight excluding hydrogens is 293 g/mol. The Morgan fingerprint density at radius 3 is 2.90 bits per heavy atom. The number of hydrogen-bond acceptors (Lipinski definition) is 2. The van der Waals surface area contributed by atoms with Crippen molar-refractivity contribution in [3.05, 3.63) is 58.9 Å². The number of ether oxygens (including phenoxy) is 1. The number of para-hydroxylation sites is 1. The van der Waals surface area contributed by atoms with E-state index >= 15 is 0 Å². The maximum absolute atomic E-state index is 13.8. The highest BCUT2D eigenvalue weighted by Gasteiger charge is 2.26. The van der Waals surface area contributed by atoms with E-state index in [0.29, 0.717) is 6.42 Å². The lowest BCUT2D eigenvalue weighted by atomic mass is 9.96. The van der Waals surface area contributed by atoms with Crippen LogP contribution in [0.3, 0.4) is 0 Å². The van der Waals surface area contributed by atoms with Crippen LogP contribution in [0, 0.1) is 11.7 Å². The number of halogens is 2. The van der Waals surface area contributed by atoms with Crippen LogP contribution in [-0.2, 0) is 11.2 Å². The van der Waals surface area contributed by atoms with Crippen molar-refractivity contribution in [2.75, 3.05) is 11.9 Å². The maximum atomic E-state index is 13.8. The lowest BCUT2D eigenvalue weighted by Gasteiger charge is -2.24. The largest absolute Gasteiger partial charge is 0.492 e. The summed E-state index contributed by atoms with van der Waals surface area (Å²) in [6.07, 6.45) is 0.574. The van der Waals surface area contributed by atoms with Gasteiger partial charge in [0.2, 0.25) is 5.91 Å². The van der Waals surface area contributed by atoms with Gasteiger partial charge in [-0.15, -0.1) is 0 Å². The minimum absolute atomic E-state index is 0.0157. The highest BCUT2D eigenvalue weighted by Crippen LogP contribution is 2.28. The second kappa shape index (κ2) is 5.74. The first-order chi connectivity index (χ1) is 10.1. The normalized spacial score (nSPS) is 16.8. The second-order valence-corrected chi connectivity index (χ2v) is 5.32. The third-order valence-electron chi connectivity index (χ3n) is 3.46. The Morgan fingerprint density at radius 2 is 2.05 bits per heavy atom. The molecular formula is C16H13ClFNO2. The summed E-state index contributed by atoms with van der Waals surface area (Å²) in [5.74, 6) is -0.441. The summed E-state index contributed by atoms with van der Waals surface area (Å²) in [7, 11) is 0. The van der Waals surface area contributed by atoms with Crippen molar-refractivity contribution in [1.82, 2.24) is 0 Å². The Hall–Kier alpha value is -2.07. The average Bonchev–Trinajstić information content (AvgIpc) is 2.51. The smallest absolute Gasteiger partial charge is 0.231 e. The Balaban J connectivity index is 1.74. The Bertz CT molecular complexity index is 690. The minimum atomic E-state index is -0.621. The first-order valence-electron chi connectivity index (χ1n) is 6.60. The summed E-state index contributed by atoms with van der Waals surface area (Å²) in [4.78, 5) is 12.2. The van der Waals surface area contributed by atoms with E-state index in [4.69, 9.17) is 16.3 Å². The van der Waals surface area contributed by atoms with Crippen LogP contribution in [0.1, 0.15) is 5.56 Å². The molecule has 0 radical (unpaired) electrons. The number of nitrogens with one attached hydrogen (secondary N) is 1. The first kappa shape index (κ1) is 13.9. The van der Waals surface area contributed by atoms with E-state index in [2.05, 4.69) is 5.32 Å². The molecule has 1 aliphatic rings. The third-order valence-corrected chi connectivity index (χ3v) is 3.75. The van der Waals surface area contributed by atoms with E-state index in [9.17, 15) is 9.18 Å². The molecule has 3 nitrogen and oxygen atoms in total. The predicted molar refractivity (Wildman–Crippen MR) is 79.2 cm³/mol. The standard InChI is InChI=1S/C16H13ClFNO2/c17-12-5-3-6-13(15(12)18)19-16(20)11-8-10-4-1-2-7-14(10)21-9-11/h1-7,11H,8-9H2,(H,19,20). The van der Waals surface area contributed by atoms with E-state index in [1.54, 1.807) is 6.07 Å². The van der Waals surface area contributed by atoms with Crippen molar-refractivity contribution in [2.24, 2.45) is 5.92 Å². The lowest BCUT2D eigenvalue weighted by molar-refractivity contribution is -0.121. The lowest BCUT2D eigenvalue weighted by Crippen LogP contribution is -2.32. The van der Waals surface area contributed by atoms with Crippen molar-refractivity contribution in [3.63, 3.8) is 0 Å². The highest BCUT2D eigenvalue weighted by atomic mass is 35.5. The van der Waals surface area contributed by atoms with E-state index in [0.717, 1.165) is 11.3 Å². The number of anilines is 1. The number of carbonyl (C=O) groups is 1. The van der Waals surface area contributed by atoms with Crippen LogP contribution < -0.4 is 10.1 Å². The molecule has 3 rings (SSSR count). The van der Waals surface area contributed by atoms with Gasteiger partial charge >= 0.3 is 0 Å². The molecule has 1 atom stereocenters. The summed E-state index contributed by atoms with van der Waals surface area (Å²) >= 11 is 5.70. The van der Waals surface area contributed by atoms with Crippen molar-refractivity contribution < 1.29 is 13.9 Å². The molecule has 0 aromatic heterocycles. The Labute approximate surface area is 126 Å². The zero-order valence-corrected chi connectivity index (χ0v) is 11.9. The van der Waals surface area contributed by atoms with Gasteiger partial charge in [-0.3, -0.25) is 4.79 Å². The SMILES string of the molecule is O=C(Nc1cccc(Cl)c1F)C1COc2ccccc2C1. The number of fused-ring (bicyclic) bond motifs is 1. The summed E-state index contributed by atoms with van der Waals surface area (Å²) in [5, 5.41) is 2.56. The van der Waals surface area contributed by atoms with Crippen molar-refractivity contribution in [3.8, 4) is 5.75 Å². The zero-order chi connectivity index (χ0) is 14.8.